The van der Waals surface area contributed by atoms with Crippen molar-refractivity contribution >= 4 is 15.9 Å². The fraction of sp³-hybridized carbons (Fsp3) is 0.462. The first-order chi connectivity index (χ1) is 9.35. The maximum atomic E-state index is 12.1. The normalized spacial score (nSPS) is 15.2. The molecule has 6 nitrogen and oxygen atoms in total. The molecule has 0 aliphatic heterocycles. The van der Waals surface area contributed by atoms with E-state index in [1.807, 2.05) is 0 Å². The van der Waals surface area contributed by atoms with Gasteiger partial charge in [0.25, 0.3) is 5.91 Å². The van der Waals surface area contributed by atoms with Crippen molar-refractivity contribution in [2.45, 2.75) is 30.7 Å². The molecule has 0 spiro atoms. The number of sulfonamides is 1. The zero-order chi connectivity index (χ0) is 14.9. The smallest absolute Gasteiger partial charge is 0.274 e. The number of aryl methyl sites for hydroxylation is 1. The van der Waals surface area contributed by atoms with Crippen molar-refractivity contribution in [2.75, 3.05) is 14.2 Å². The zero-order valence-corrected chi connectivity index (χ0v) is 12.5. The van der Waals surface area contributed by atoms with Gasteiger partial charge in [0.2, 0.25) is 10.0 Å². The van der Waals surface area contributed by atoms with Gasteiger partial charge in [0.05, 0.1) is 12.0 Å². The van der Waals surface area contributed by atoms with Gasteiger partial charge in [0.1, 0.15) is 0 Å². The summed E-state index contributed by atoms with van der Waals surface area (Å²) in [5.74, 6) is -0.381. The van der Waals surface area contributed by atoms with Crippen molar-refractivity contribution in [3.63, 3.8) is 0 Å². The lowest BCUT2D eigenvalue weighted by Crippen LogP contribution is -2.28. The van der Waals surface area contributed by atoms with E-state index in [1.165, 1.54) is 26.3 Å². The van der Waals surface area contributed by atoms with Crippen LogP contribution in [0.1, 0.15) is 28.8 Å². The molecule has 110 valence electrons. The summed E-state index contributed by atoms with van der Waals surface area (Å²) in [4.78, 5) is 17.0. The first-order valence-electron chi connectivity index (χ1n) is 6.30. The number of amides is 1. The predicted molar refractivity (Wildman–Crippen MR) is 73.6 cm³/mol. The van der Waals surface area contributed by atoms with Crippen LogP contribution in [0.5, 0.6) is 0 Å². The van der Waals surface area contributed by atoms with Crippen molar-refractivity contribution in [1.29, 1.82) is 0 Å². The highest BCUT2D eigenvalue weighted by molar-refractivity contribution is 7.89. The molecule has 0 heterocycles. The predicted octanol–water partition coefficient (Wildman–Crippen LogP) is 1.07. The van der Waals surface area contributed by atoms with Gasteiger partial charge in [-0.15, -0.1) is 0 Å². The second-order valence-corrected chi connectivity index (χ2v) is 6.57. The van der Waals surface area contributed by atoms with Crippen LogP contribution in [0.25, 0.3) is 0 Å². The fourth-order valence-corrected chi connectivity index (χ4v) is 3.07. The lowest BCUT2D eigenvalue weighted by molar-refractivity contribution is -0.0757. The maximum Gasteiger partial charge on any atom is 0.277 e. The number of nitrogens with zero attached hydrogens (tertiary/aromatic N) is 1. The van der Waals surface area contributed by atoms with E-state index < -0.39 is 10.0 Å². The van der Waals surface area contributed by atoms with Crippen molar-refractivity contribution < 1.29 is 18.0 Å². The summed E-state index contributed by atoms with van der Waals surface area (Å²) < 4.78 is 26.9. The SMILES string of the molecule is CON(C)C(=O)c1cc(S(=O)(=O)NC2CC2)ccc1C. The molecule has 0 bridgehead atoms. The monoisotopic (exact) mass is 298 g/mol. The quantitative estimate of drug-likeness (QED) is 0.825. The Kier molecular flexibility index (Phi) is 4.12. The molecule has 1 fully saturated rings. The Hall–Kier alpha value is -1.44. The molecule has 0 aromatic heterocycles. The maximum absolute atomic E-state index is 12.1. The topological polar surface area (TPSA) is 75.7 Å². The van der Waals surface area contributed by atoms with Gasteiger partial charge in [0, 0.05) is 18.7 Å². The number of benzene rings is 1. The molecule has 0 atom stereocenters. The molecule has 0 radical (unpaired) electrons. The first-order valence-corrected chi connectivity index (χ1v) is 7.78. The molecule has 1 aromatic carbocycles. The van der Waals surface area contributed by atoms with E-state index in [2.05, 4.69) is 4.72 Å². The number of hydroxylamine groups is 2. The summed E-state index contributed by atoms with van der Waals surface area (Å²) in [6.45, 7) is 1.75. The molecular formula is C13H18N2O4S. The fourth-order valence-electron chi connectivity index (χ4n) is 1.74. The van der Waals surface area contributed by atoms with E-state index in [0.717, 1.165) is 17.9 Å². The summed E-state index contributed by atoms with van der Waals surface area (Å²) in [5.41, 5.74) is 1.01. The van der Waals surface area contributed by atoms with Crippen molar-refractivity contribution in [1.82, 2.24) is 9.79 Å². The summed E-state index contributed by atoms with van der Waals surface area (Å²) in [5, 5.41) is 1.06. The van der Waals surface area contributed by atoms with Crippen LogP contribution in [0, 0.1) is 6.92 Å². The average Bonchev–Trinajstić information content (AvgIpc) is 3.20. The van der Waals surface area contributed by atoms with Gasteiger partial charge in [-0.25, -0.2) is 18.2 Å². The molecular weight excluding hydrogens is 280 g/mol. The summed E-state index contributed by atoms with van der Waals surface area (Å²) >= 11 is 0. The third-order valence-electron chi connectivity index (χ3n) is 3.21. The number of nitrogens with one attached hydrogen (secondary N) is 1. The molecule has 1 N–H and O–H groups in total. The number of hydrogen-bond acceptors (Lipinski definition) is 4. The lowest BCUT2D eigenvalue weighted by Gasteiger charge is -2.16. The Morgan fingerprint density at radius 2 is 2.05 bits per heavy atom. The van der Waals surface area contributed by atoms with Gasteiger partial charge >= 0.3 is 0 Å². The number of hydrogen-bond donors (Lipinski definition) is 1. The molecule has 0 unspecified atom stereocenters. The molecule has 2 rings (SSSR count). The molecule has 1 amide bonds. The molecule has 0 saturated heterocycles. The Morgan fingerprint density at radius 3 is 2.60 bits per heavy atom. The Labute approximate surface area is 118 Å². The Bertz CT molecular complexity index is 623. The number of rotatable bonds is 5. The highest BCUT2D eigenvalue weighted by atomic mass is 32.2. The second-order valence-electron chi connectivity index (χ2n) is 4.86. The molecule has 1 saturated carbocycles. The highest BCUT2D eigenvalue weighted by Crippen LogP contribution is 2.23. The molecule has 1 aliphatic rings. The van der Waals surface area contributed by atoms with E-state index in [4.69, 9.17) is 4.84 Å². The molecule has 1 aliphatic carbocycles. The van der Waals surface area contributed by atoms with Gasteiger partial charge in [-0.3, -0.25) is 9.63 Å². The highest BCUT2D eigenvalue weighted by Gasteiger charge is 2.28. The van der Waals surface area contributed by atoms with Crippen molar-refractivity contribution in [3.8, 4) is 0 Å². The van der Waals surface area contributed by atoms with Crippen LogP contribution >= 0.6 is 0 Å². The minimum Gasteiger partial charge on any atom is -0.274 e. The largest absolute Gasteiger partial charge is 0.277 e. The lowest BCUT2D eigenvalue weighted by atomic mass is 10.1. The van der Waals surface area contributed by atoms with Gasteiger partial charge < -0.3 is 0 Å². The molecule has 20 heavy (non-hydrogen) atoms. The van der Waals surface area contributed by atoms with Crippen LogP contribution in [-0.4, -0.2) is 39.6 Å². The standard InChI is InChI=1S/C13H18N2O4S/c1-9-4-7-11(20(17,18)14-10-5-6-10)8-12(9)13(16)15(2)19-3/h4,7-8,10,14H,5-6H2,1-3H3. The van der Waals surface area contributed by atoms with Crippen LogP contribution in [0.15, 0.2) is 23.1 Å². The van der Waals surface area contributed by atoms with Crippen LogP contribution in [0.3, 0.4) is 0 Å². The van der Waals surface area contributed by atoms with Crippen molar-refractivity contribution in [2.24, 2.45) is 0 Å². The van der Waals surface area contributed by atoms with E-state index in [9.17, 15) is 13.2 Å². The average molecular weight is 298 g/mol. The van der Waals surface area contributed by atoms with Crippen LogP contribution in [-0.2, 0) is 14.9 Å². The summed E-state index contributed by atoms with van der Waals surface area (Å²) in [6, 6.07) is 4.54. The second kappa shape index (κ2) is 5.51. The van der Waals surface area contributed by atoms with E-state index >= 15 is 0 Å². The van der Waals surface area contributed by atoms with Gasteiger partial charge in [-0.2, -0.15) is 0 Å². The van der Waals surface area contributed by atoms with Crippen LogP contribution in [0.4, 0.5) is 0 Å². The van der Waals surface area contributed by atoms with E-state index in [0.29, 0.717) is 11.1 Å². The summed E-state index contributed by atoms with van der Waals surface area (Å²) in [7, 11) is -0.709. The zero-order valence-electron chi connectivity index (χ0n) is 11.7. The molecule has 7 heteroatoms. The third-order valence-corrected chi connectivity index (χ3v) is 4.73. The number of carbonyl (C=O) groups excluding carboxylic acids is 1. The van der Waals surface area contributed by atoms with Gasteiger partial charge in [0.15, 0.2) is 0 Å². The Balaban J connectivity index is 2.35. The van der Waals surface area contributed by atoms with Crippen LogP contribution < -0.4 is 4.72 Å². The molecule has 1 aromatic rings. The first kappa shape index (κ1) is 15.0. The van der Waals surface area contributed by atoms with Crippen molar-refractivity contribution in [3.05, 3.63) is 29.3 Å². The van der Waals surface area contributed by atoms with Gasteiger partial charge in [-0.05, 0) is 37.5 Å². The Morgan fingerprint density at radius 1 is 1.40 bits per heavy atom. The minimum atomic E-state index is -3.56. The third kappa shape index (κ3) is 3.17. The minimum absolute atomic E-state index is 0.0297. The van der Waals surface area contributed by atoms with E-state index in [1.54, 1.807) is 13.0 Å². The number of carbonyl (C=O) groups is 1. The summed E-state index contributed by atoms with van der Waals surface area (Å²) in [6.07, 6.45) is 1.73. The van der Waals surface area contributed by atoms with E-state index in [-0.39, 0.29) is 16.8 Å². The van der Waals surface area contributed by atoms with Gasteiger partial charge in [-0.1, -0.05) is 6.07 Å². The van der Waals surface area contributed by atoms with Crippen LogP contribution in [0.2, 0.25) is 0 Å².